The van der Waals surface area contributed by atoms with Crippen molar-refractivity contribution in [3.8, 4) is 0 Å². The minimum absolute atomic E-state index is 0.0941. The fraction of sp³-hybridized carbons (Fsp3) is 0.500. The summed E-state index contributed by atoms with van der Waals surface area (Å²) < 4.78 is 6.21. The molecule has 1 aromatic rings. The molecule has 3 nitrogen and oxygen atoms in total. The van der Waals surface area contributed by atoms with Crippen molar-refractivity contribution < 1.29 is 9.84 Å². The van der Waals surface area contributed by atoms with Crippen molar-refractivity contribution in [1.82, 2.24) is 0 Å². The number of benzene rings is 1. The first-order valence-corrected chi connectivity index (χ1v) is 6.13. The van der Waals surface area contributed by atoms with Crippen LogP contribution in [-0.2, 0) is 4.74 Å². The summed E-state index contributed by atoms with van der Waals surface area (Å²) in [7, 11) is 0. The molecule has 1 fully saturated rings. The lowest BCUT2D eigenvalue weighted by molar-refractivity contribution is -0.128. The van der Waals surface area contributed by atoms with Gasteiger partial charge in [-0.1, -0.05) is 6.07 Å². The average molecular weight is 286 g/mol. The zero-order chi connectivity index (χ0) is 11.6. The van der Waals surface area contributed by atoms with Gasteiger partial charge in [0.2, 0.25) is 0 Å². The smallest absolute Gasteiger partial charge is 0.0584 e. The van der Waals surface area contributed by atoms with Crippen LogP contribution in [0.4, 0.5) is 5.69 Å². The van der Waals surface area contributed by atoms with Gasteiger partial charge in [-0.2, -0.15) is 0 Å². The zero-order valence-corrected chi connectivity index (χ0v) is 10.9. The van der Waals surface area contributed by atoms with E-state index in [1.54, 1.807) is 0 Å². The molecule has 1 aromatic carbocycles. The van der Waals surface area contributed by atoms with Crippen LogP contribution in [0.3, 0.4) is 0 Å². The Balaban J connectivity index is 2.01. The lowest BCUT2D eigenvalue weighted by Crippen LogP contribution is -2.50. The minimum atomic E-state index is -0.0941. The van der Waals surface area contributed by atoms with Gasteiger partial charge in [0, 0.05) is 16.7 Å². The molecule has 0 atom stereocenters. The Morgan fingerprint density at radius 3 is 2.81 bits per heavy atom. The van der Waals surface area contributed by atoms with Gasteiger partial charge >= 0.3 is 0 Å². The van der Waals surface area contributed by atoms with E-state index in [2.05, 4.69) is 40.3 Å². The Bertz CT molecular complexity index is 372. The van der Waals surface area contributed by atoms with Gasteiger partial charge in [-0.3, -0.25) is 0 Å². The van der Waals surface area contributed by atoms with Crippen LogP contribution in [0.5, 0.6) is 0 Å². The van der Waals surface area contributed by atoms with E-state index in [0.29, 0.717) is 13.2 Å². The Morgan fingerprint density at radius 2 is 2.25 bits per heavy atom. The van der Waals surface area contributed by atoms with Gasteiger partial charge in [0.15, 0.2) is 0 Å². The summed E-state index contributed by atoms with van der Waals surface area (Å²) in [6.07, 6.45) is 0. The van der Waals surface area contributed by atoms with Gasteiger partial charge in [0.05, 0.1) is 25.2 Å². The number of hydrogen-bond acceptors (Lipinski definition) is 3. The van der Waals surface area contributed by atoms with E-state index in [1.807, 2.05) is 6.07 Å². The molecular weight excluding hydrogens is 270 g/mol. The third-order valence-corrected chi connectivity index (χ3v) is 3.62. The molecule has 1 saturated heterocycles. The molecule has 0 spiro atoms. The number of halogens is 1. The molecular formula is C12H16BrNO2. The highest BCUT2D eigenvalue weighted by Gasteiger charge is 2.37. The van der Waals surface area contributed by atoms with E-state index < -0.39 is 0 Å². The quantitative estimate of drug-likeness (QED) is 0.891. The maximum atomic E-state index is 9.31. The van der Waals surface area contributed by atoms with Gasteiger partial charge in [-0.05, 0) is 40.5 Å². The summed E-state index contributed by atoms with van der Waals surface area (Å²) in [5, 5.41) is 12.7. The lowest BCUT2D eigenvalue weighted by atomic mass is 9.87. The number of nitrogens with one attached hydrogen (secondary N) is 1. The van der Waals surface area contributed by atoms with Crippen LogP contribution in [0, 0.1) is 12.3 Å². The van der Waals surface area contributed by atoms with Crippen molar-refractivity contribution in [2.24, 2.45) is 5.41 Å². The SMILES string of the molecule is Cc1ccc(Br)c(NCC2(CO)COC2)c1. The Hall–Kier alpha value is -0.580. The summed E-state index contributed by atoms with van der Waals surface area (Å²) in [6.45, 7) is 4.25. The molecule has 1 aliphatic heterocycles. The highest BCUT2D eigenvalue weighted by atomic mass is 79.9. The fourth-order valence-corrected chi connectivity index (χ4v) is 2.08. The monoisotopic (exact) mass is 285 g/mol. The van der Waals surface area contributed by atoms with Crippen LogP contribution in [0.1, 0.15) is 5.56 Å². The Morgan fingerprint density at radius 1 is 1.50 bits per heavy atom. The summed E-state index contributed by atoms with van der Waals surface area (Å²) >= 11 is 3.50. The summed E-state index contributed by atoms with van der Waals surface area (Å²) in [4.78, 5) is 0. The van der Waals surface area contributed by atoms with Crippen molar-refractivity contribution in [2.75, 3.05) is 31.7 Å². The van der Waals surface area contributed by atoms with Gasteiger partial charge < -0.3 is 15.2 Å². The van der Waals surface area contributed by atoms with Crippen LogP contribution < -0.4 is 5.32 Å². The van der Waals surface area contributed by atoms with E-state index in [4.69, 9.17) is 4.74 Å². The van der Waals surface area contributed by atoms with Gasteiger partial charge in [0.25, 0.3) is 0 Å². The first kappa shape index (κ1) is 11.9. The predicted octanol–water partition coefficient (Wildman–Crippen LogP) is 2.18. The van der Waals surface area contributed by atoms with Crippen LogP contribution in [0.2, 0.25) is 0 Å². The lowest BCUT2D eigenvalue weighted by Gasteiger charge is -2.40. The zero-order valence-electron chi connectivity index (χ0n) is 9.29. The molecule has 16 heavy (non-hydrogen) atoms. The third-order valence-electron chi connectivity index (χ3n) is 2.93. The second-order valence-electron chi connectivity index (χ2n) is 4.49. The van der Waals surface area contributed by atoms with E-state index in [0.717, 1.165) is 16.7 Å². The number of aryl methyl sites for hydroxylation is 1. The van der Waals surface area contributed by atoms with Crippen molar-refractivity contribution in [3.63, 3.8) is 0 Å². The van der Waals surface area contributed by atoms with Crippen LogP contribution in [0.25, 0.3) is 0 Å². The van der Waals surface area contributed by atoms with Gasteiger partial charge in [-0.25, -0.2) is 0 Å². The second kappa shape index (κ2) is 4.73. The Kier molecular flexibility index (Phi) is 3.52. The van der Waals surface area contributed by atoms with Gasteiger partial charge in [0.1, 0.15) is 0 Å². The van der Waals surface area contributed by atoms with Crippen LogP contribution in [0.15, 0.2) is 22.7 Å². The normalized spacial score (nSPS) is 17.9. The van der Waals surface area contributed by atoms with Crippen molar-refractivity contribution >= 4 is 21.6 Å². The molecule has 0 amide bonds. The molecule has 0 radical (unpaired) electrons. The highest BCUT2D eigenvalue weighted by Crippen LogP contribution is 2.29. The van der Waals surface area contributed by atoms with Crippen molar-refractivity contribution in [3.05, 3.63) is 28.2 Å². The third kappa shape index (κ3) is 2.39. The molecule has 1 heterocycles. The van der Waals surface area contributed by atoms with E-state index in [-0.39, 0.29) is 12.0 Å². The number of aliphatic hydroxyl groups excluding tert-OH is 1. The molecule has 1 aliphatic rings. The van der Waals surface area contributed by atoms with Gasteiger partial charge in [-0.15, -0.1) is 0 Å². The molecule has 0 aliphatic carbocycles. The molecule has 4 heteroatoms. The standard InChI is InChI=1S/C12H16BrNO2/c1-9-2-3-10(13)11(4-9)14-5-12(6-15)7-16-8-12/h2-4,14-15H,5-8H2,1H3. The maximum absolute atomic E-state index is 9.31. The predicted molar refractivity (Wildman–Crippen MR) is 67.7 cm³/mol. The fourth-order valence-electron chi connectivity index (χ4n) is 1.70. The molecule has 0 unspecified atom stereocenters. The van der Waals surface area contributed by atoms with Crippen molar-refractivity contribution in [1.29, 1.82) is 0 Å². The number of anilines is 1. The number of rotatable bonds is 4. The molecule has 2 rings (SSSR count). The average Bonchev–Trinajstić information content (AvgIpc) is 2.22. The van der Waals surface area contributed by atoms with Crippen LogP contribution in [-0.4, -0.2) is 31.5 Å². The molecule has 0 bridgehead atoms. The Labute approximate surface area is 104 Å². The highest BCUT2D eigenvalue weighted by molar-refractivity contribution is 9.10. The van der Waals surface area contributed by atoms with E-state index >= 15 is 0 Å². The van der Waals surface area contributed by atoms with Crippen LogP contribution >= 0.6 is 15.9 Å². The van der Waals surface area contributed by atoms with E-state index in [1.165, 1.54) is 5.56 Å². The summed E-state index contributed by atoms with van der Waals surface area (Å²) in [5.41, 5.74) is 2.19. The number of ether oxygens (including phenoxy) is 1. The topological polar surface area (TPSA) is 41.5 Å². The molecule has 0 aromatic heterocycles. The largest absolute Gasteiger partial charge is 0.396 e. The molecule has 0 saturated carbocycles. The minimum Gasteiger partial charge on any atom is -0.396 e. The summed E-state index contributed by atoms with van der Waals surface area (Å²) in [5.74, 6) is 0. The van der Waals surface area contributed by atoms with Crippen molar-refractivity contribution in [2.45, 2.75) is 6.92 Å². The first-order valence-electron chi connectivity index (χ1n) is 5.34. The number of aliphatic hydroxyl groups is 1. The first-order chi connectivity index (χ1) is 7.65. The second-order valence-corrected chi connectivity index (χ2v) is 5.34. The van der Waals surface area contributed by atoms with E-state index in [9.17, 15) is 5.11 Å². The number of hydrogen-bond donors (Lipinski definition) is 2. The molecule has 2 N–H and O–H groups in total. The summed E-state index contributed by atoms with van der Waals surface area (Å²) in [6, 6.07) is 6.18. The molecule has 88 valence electrons. The maximum Gasteiger partial charge on any atom is 0.0584 e.